The molecule has 2 N–H and O–H groups in total. The van der Waals surface area contributed by atoms with Crippen molar-refractivity contribution in [1.29, 1.82) is 0 Å². The van der Waals surface area contributed by atoms with Gasteiger partial charge >= 0.3 is 5.97 Å². The fourth-order valence-electron chi connectivity index (χ4n) is 3.31. The molecule has 1 aliphatic rings. The molecule has 0 saturated carbocycles. The van der Waals surface area contributed by atoms with E-state index in [1.807, 2.05) is 0 Å². The monoisotopic (exact) mass is 368 g/mol. The minimum absolute atomic E-state index is 0.197. The number of hydrogen-bond acceptors (Lipinski definition) is 5. The molecule has 0 fully saturated rings. The van der Waals surface area contributed by atoms with Crippen molar-refractivity contribution in [3.05, 3.63) is 11.5 Å². The third-order valence-corrected chi connectivity index (χ3v) is 4.94. The van der Waals surface area contributed by atoms with Crippen molar-refractivity contribution < 1.29 is 24.5 Å². The highest BCUT2D eigenvalue weighted by atomic mass is 16.6. The molecular weight excluding hydrogens is 332 g/mol. The van der Waals surface area contributed by atoms with E-state index in [2.05, 4.69) is 13.8 Å². The molecule has 0 aromatic rings. The summed E-state index contributed by atoms with van der Waals surface area (Å²) < 4.78 is 4.69. The molecule has 0 aliphatic carbocycles. The first-order valence-corrected chi connectivity index (χ1v) is 10.2. The van der Waals surface area contributed by atoms with Gasteiger partial charge in [0.1, 0.15) is 6.61 Å². The third-order valence-electron chi connectivity index (χ3n) is 4.94. The predicted molar refractivity (Wildman–Crippen MR) is 102 cm³/mol. The predicted octanol–water partition coefficient (Wildman–Crippen LogP) is 4.83. The first-order chi connectivity index (χ1) is 12.5. The van der Waals surface area contributed by atoms with Crippen LogP contribution in [0, 0.1) is 11.8 Å². The zero-order valence-electron chi connectivity index (χ0n) is 16.5. The lowest BCUT2D eigenvalue weighted by Crippen LogP contribution is -2.22. The average Bonchev–Trinajstić information content (AvgIpc) is 2.89. The average molecular weight is 369 g/mol. The van der Waals surface area contributed by atoms with Crippen LogP contribution in [0.3, 0.4) is 0 Å². The molecule has 1 unspecified atom stereocenters. The number of rotatable bonds is 15. The smallest absolute Gasteiger partial charge is 0.329 e. The Hall–Kier alpha value is -1.36. The molecular formula is C21H36O5. The molecule has 1 atom stereocenters. The van der Waals surface area contributed by atoms with Crippen LogP contribution >= 0.6 is 0 Å². The maximum atomic E-state index is 12.1. The van der Waals surface area contributed by atoms with Crippen LogP contribution in [0.5, 0.6) is 0 Å². The van der Waals surface area contributed by atoms with E-state index in [9.17, 15) is 14.7 Å². The van der Waals surface area contributed by atoms with E-state index >= 15 is 0 Å². The summed E-state index contributed by atoms with van der Waals surface area (Å²) >= 11 is 0. The lowest BCUT2D eigenvalue weighted by atomic mass is 9.97. The number of aliphatic hydroxyl groups is 2. The van der Waals surface area contributed by atoms with E-state index in [0.29, 0.717) is 0 Å². The fraction of sp³-hybridized carbons (Fsp3) is 0.810. The van der Waals surface area contributed by atoms with E-state index in [1.165, 1.54) is 51.4 Å². The molecule has 0 aromatic carbocycles. The number of carbonyl (C=O) groups is 2. The zero-order valence-corrected chi connectivity index (χ0v) is 16.5. The number of aliphatic hydroxyl groups excluding tert-OH is 2. The second-order valence-electron chi connectivity index (χ2n) is 7.76. The van der Waals surface area contributed by atoms with E-state index in [1.54, 1.807) is 0 Å². The van der Waals surface area contributed by atoms with Crippen molar-refractivity contribution in [3.8, 4) is 0 Å². The van der Waals surface area contributed by atoms with Crippen molar-refractivity contribution in [2.45, 2.75) is 90.9 Å². The summed E-state index contributed by atoms with van der Waals surface area (Å²) in [6.45, 7) is 3.98. The van der Waals surface area contributed by atoms with Crippen LogP contribution in [0.1, 0.15) is 90.9 Å². The van der Waals surface area contributed by atoms with Gasteiger partial charge in [0.25, 0.3) is 0 Å². The van der Waals surface area contributed by atoms with E-state index in [0.717, 1.165) is 25.2 Å². The summed E-state index contributed by atoms with van der Waals surface area (Å²) in [7, 11) is 0. The van der Waals surface area contributed by atoms with Gasteiger partial charge in [0, 0.05) is 6.42 Å². The topological polar surface area (TPSA) is 83.8 Å². The summed E-state index contributed by atoms with van der Waals surface area (Å²) in [5, 5.41) is 18.7. The minimum Gasteiger partial charge on any atom is -0.507 e. The first-order valence-electron chi connectivity index (χ1n) is 10.2. The van der Waals surface area contributed by atoms with Crippen molar-refractivity contribution in [2.24, 2.45) is 11.8 Å². The molecule has 1 heterocycles. The van der Waals surface area contributed by atoms with Gasteiger partial charge in [-0.3, -0.25) is 9.59 Å². The van der Waals surface area contributed by atoms with Gasteiger partial charge in [0.2, 0.25) is 0 Å². The second-order valence-corrected chi connectivity index (χ2v) is 7.76. The Balaban J connectivity index is 1.98. The van der Waals surface area contributed by atoms with Crippen LogP contribution in [0.25, 0.3) is 0 Å². The number of carbonyl (C=O) groups excluding carboxylic acids is 2. The Morgan fingerprint density at radius 2 is 1.46 bits per heavy atom. The van der Waals surface area contributed by atoms with E-state index < -0.39 is 24.3 Å². The molecule has 150 valence electrons. The molecule has 0 radical (unpaired) electrons. The van der Waals surface area contributed by atoms with Gasteiger partial charge in [-0.1, -0.05) is 78.1 Å². The Labute approximate surface area is 157 Å². The molecule has 0 saturated heterocycles. The van der Waals surface area contributed by atoms with Gasteiger partial charge in [-0.05, 0) is 12.3 Å². The molecule has 0 aromatic heterocycles. The minimum atomic E-state index is -1.23. The number of esters is 1. The van der Waals surface area contributed by atoms with Crippen molar-refractivity contribution >= 4 is 11.8 Å². The van der Waals surface area contributed by atoms with Crippen LogP contribution in [-0.4, -0.2) is 28.6 Å². The van der Waals surface area contributed by atoms with Crippen LogP contribution in [0.2, 0.25) is 0 Å². The van der Waals surface area contributed by atoms with Gasteiger partial charge < -0.3 is 14.9 Å². The summed E-state index contributed by atoms with van der Waals surface area (Å²) in [4.78, 5) is 23.6. The van der Waals surface area contributed by atoms with Crippen LogP contribution < -0.4 is 0 Å². The Morgan fingerprint density at radius 1 is 0.962 bits per heavy atom. The molecule has 26 heavy (non-hydrogen) atoms. The maximum Gasteiger partial charge on any atom is 0.329 e. The normalized spacial score (nSPS) is 17.2. The van der Waals surface area contributed by atoms with Gasteiger partial charge in [-0.2, -0.15) is 0 Å². The molecule has 0 spiro atoms. The summed E-state index contributed by atoms with van der Waals surface area (Å²) in [5.74, 6) is -2.12. The van der Waals surface area contributed by atoms with Crippen LogP contribution in [0.15, 0.2) is 11.5 Å². The number of cyclic esters (lactones) is 1. The highest BCUT2D eigenvalue weighted by Gasteiger charge is 2.40. The molecule has 0 bridgehead atoms. The number of ketones is 1. The fourth-order valence-corrected chi connectivity index (χ4v) is 3.31. The first kappa shape index (κ1) is 22.7. The van der Waals surface area contributed by atoms with Crippen LogP contribution in [-0.2, 0) is 14.3 Å². The molecule has 0 amide bonds. The summed E-state index contributed by atoms with van der Waals surface area (Å²) in [5.41, 5.74) is 0. The lowest BCUT2D eigenvalue weighted by Gasteiger charge is -2.06. The molecule has 1 rings (SSSR count). The standard InChI is InChI=1S/C21H36O5/c1-16(2)13-11-9-7-5-3-4-6-8-10-12-14-17(23)19-20(24)18(15-22)26-21(19)25/h16,19,22,24H,3-15H2,1-2H3. The molecule has 5 nitrogen and oxygen atoms in total. The Morgan fingerprint density at radius 3 is 1.92 bits per heavy atom. The molecule has 5 heteroatoms. The van der Waals surface area contributed by atoms with Crippen LogP contribution in [0.4, 0.5) is 0 Å². The quantitative estimate of drug-likeness (QED) is 0.246. The summed E-state index contributed by atoms with van der Waals surface area (Å²) in [6.07, 6.45) is 13.5. The zero-order chi connectivity index (χ0) is 19.4. The number of Topliss-reactive ketones (excluding diaryl/α,β-unsaturated/α-hetero) is 1. The molecule has 1 aliphatic heterocycles. The second kappa shape index (κ2) is 12.9. The van der Waals surface area contributed by atoms with Gasteiger partial charge in [-0.15, -0.1) is 0 Å². The Kier molecular flexibility index (Phi) is 11.3. The highest BCUT2D eigenvalue weighted by Crippen LogP contribution is 2.26. The van der Waals surface area contributed by atoms with Crippen molar-refractivity contribution in [3.63, 3.8) is 0 Å². The van der Waals surface area contributed by atoms with E-state index in [-0.39, 0.29) is 18.0 Å². The third kappa shape index (κ3) is 8.35. The van der Waals surface area contributed by atoms with Gasteiger partial charge in [0.15, 0.2) is 23.2 Å². The largest absolute Gasteiger partial charge is 0.507 e. The lowest BCUT2D eigenvalue weighted by molar-refractivity contribution is -0.144. The maximum absolute atomic E-state index is 12.1. The Bertz CT molecular complexity index is 467. The summed E-state index contributed by atoms with van der Waals surface area (Å²) in [6, 6.07) is 0. The number of ether oxygens (including phenoxy) is 1. The highest BCUT2D eigenvalue weighted by molar-refractivity contribution is 6.03. The van der Waals surface area contributed by atoms with Gasteiger partial charge in [-0.25, -0.2) is 0 Å². The number of unbranched alkanes of at least 4 members (excludes halogenated alkanes) is 9. The van der Waals surface area contributed by atoms with Crippen molar-refractivity contribution in [2.75, 3.05) is 6.61 Å². The van der Waals surface area contributed by atoms with E-state index in [4.69, 9.17) is 9.84 Å². The van der Waals surface area contributed by atoms with Gasteiger partial charge in [0.05, 0.1) is 0 Å². The van der Waals surface area contributed by atoms with Crippen molar-refractivity contribution in [1.82, 2.24) is 0 Å². The SMILES string of the molecule is CC(C)CCCCCCCCCCCCC(=O)C1C(=O)OC(CO)=C1O. The number of hydrogen-bond donors (Lipinski definition) is 2.